The number of rotatable bonds is 31. The van der Waals surface area contributed by atoms with Crippen LogP contribution in [0, 0.1) is 17.8 Å². The Morgan fingerprint density at radius 1 is 0.636 bits per heavy atom. The summed E-state index contributed by atoms with van der Waals surface area (Å²) in [5.41, 5.74) is 1.56. The summed E-state index contributed by atoms with van der Waals surface area (Å²) in [6, 6.07) is 0. The molecule has 3 heteroatoms. The monoisotopic (exact) mass is 618 g/mol. The lowest BCUT2D eigenvalue weighted by atomic mass is 9.81. The first-order valence-corrected chi connectivity index (χ1v) is 20.0. The van der Waals surface area contributed by atoms with Gasteiger partial charge in [0.1, 0.15) is 0 Å². The molecule has 0 aromatic rings. The summed E-state index contributed by atoms with van der Waals surface area (Å²) in [5, 5.41) is 0. The van der Waals surface area contributed by atoms with Crippen molar-refractivity contribution in [3.8, 4) is 0 Å². The number of carbonyl (C=O) groups excluding carboxylic acids is 1. The molecule has 3 nitrogen and oxygen atoms in total. The summed E-state index contributed by atoms with van der Waals surface area (Å²) < 4.78 is 5.73. The van der Waals surface area contributed by atoms with Crippen LogP contribution in [0.1, 0.15) is 201 Å². The fraction of sp³-hybridized carbons (Fsp3) is 0.927. The summed E-state index contributed by atoms with van der Waals surface area (Å²) in [6.45, 7) is 14.6. The Kier molecular flexibility index (Phi) is 27.7. The van der Waals surface area contributed by atoms with E-state index in [1.807, 2.05) is 0 Å². The molecular weight excluding hydrogens is 538 g/mol. The predicted octanol–water partition coefficient (Wildman–Crippen LogP) is 12.9. The number of allylic oxidation sites excluding steroid dienone is 1. The molecule has 260 valence electrons. The van der Waals surface area contributed by atoms with Crippen LogP contribution in [-0.2, 0) is 9.53 Å². The van der Waals surface area contributed by atoms with Crippen molar-refractivity contribution in [1.29, 1.82) is 0 Å². The van der Waals surface area contributed by atoms with Gasteiger partial charge in [-0.25, -0.2) is 0 Å². The highest BCUT2D eigenvalue weighted by Gasteiger charge is 2.21. The van der Waals surface area contributed by atoms with E-state index >= 15 is 0 Å². The summed E-state index contributed by atoms with van der Waals surface area (Å²) in [6.07, 6.45) is 36.2. The number of hydrogen-bond donors (Lipinski definition) is 0. The number of likely N-dealkylation sites (tertiary alicyclic amines) is 1. The lowest BCUT2D eigenvalue weighted by Gasteiger charge is -2.31. The maximum Gasteiger partial charge on any atom is 0.305 e. The minimum absolute atomic E-state index is 0.0358. The van der Waals surface area contributed by atoms with Gasteiger partial charge in [0.2, 0.25) is 0 Å². The van der Waals surface area contributed by atoms with Crippen LogP contribution in [0.5, 0.6) is 0 Å². The van der Waals surface area contributed by atoms with Crippen molar-refractivity contribution in [2.75, 3.05) is 26.7 Å². The average molecular weight is 618 g/mol. The molecule has 0 bridgehead atoms. The van der Waals surface area contributed by atoms with Gasteiger partial charge in [-0.2, -0.15) is 0 Å². The molecule has 1 fully saturated rings. The number of carbonyl (C=O) groups is 1. The third kappa shape index (κ3) is 23.5. The Balaban J connectivity index is 2.23. The van der Waals surface area contributed by atoms with Gasteiger partial charge >= 0.3 is 5.97 Å². The van der Waals surface area contributed by atoms with Crippen molar-refractivity contribution in [3.05, 3.63) is 12.2 Å². The SMILES string of the molecule is C=C(CC(CCCCCCCCCC)CCCCCCCCC(=O)OCC(CCCC)CCCCCC)C1CCN(C)CC1. The molecule has 1 rings (SSSR count). The second kappa shape index (κ2) is 29.6. The molecule has 44 heavy (non-hydrogen) atoms. The van der Waals surface area contributed by atoms with Crippen molar-refractivity contribution in [2.24, 2.45) is 17.8 Å². The molecule has 0 amide bonds. The summed E-state index contributed by atoms with van der Waals surface area (Å²) in [4.78, 5) is 14.9. The highest BCUT2D eigenvalue weighted by molar-refractivity contribution is 5.69. The van der Waals surface area contributed by atoms with Gasteiger partial charge in [0.25, 0.3) is 0 Å². The van der Waals surface area contributed by atoms with Crippen LogP contribution in [0.3, 0.4) is 0 Å². The Morgan fingerprint density at radius 3 is 1.61 bits per heavy atom. The largest absolute Gasteiger partial charge is 0.465 e. The number of piperidine rings is 1. The van der Waals surface area contributed by atoms with Crippen LogP contribution in [0.2, 0.25) is 0 Å². The topological polar surface area (TPSA) is 29.5 Å². The van der Waals surface area contributed by atoms with Crippen LogP contribution in [0.15, 0.2) is 12.2 Å². The van der Waals surface area contributed by atoms with Gasteiger partial charge in [-0.1, -0.05) is 168 Å². The van der Waals surface area contributed by atoms with Crippen molar-refractivity contribution < 1.29 is 9.53 Å². The molecule has 0 N–H and O–H groups in total. The van der Waals surface area contributed by atoms with Gasteiger partial charge in [-0.15, -0.1) is 0 Å². The lowest BCUT2D eigenvalue weighted by Crippen LogP contribution is -2.31. The molecule has 2 unspecified atom stereocenters. The van der Waals surface area contributed by atoms with Crippen LogP contribution >= 0.6 is 0 Å². The molecule has 0 saturated carbocycles. The van der Waals surface area contributed by atoms with Gasteiger partial charge in [-0.05, 0) is 76.4 Å². The molecule has 0 radical (unpaired) electrons. The second-order valence-corrected chi connectivity index (χ2v) is 14.8. The fourth-order valence-corrected chi connectivity index (χ4v) is 7.23. The second-order valence-electron chi connectivity index (χ2n) is 14.8. The van der Waals surface area contributed by atoms with E-state index in [0.29, 0.717) is 18.9 Å². The van der Waals surface area contributed by atoms with E-state index in [2.05, 4.69) is 39.3 Å². The molecule has 2 atom stereocenters. The van der Waals surface area contributed by atoms with Gasteiger partial charge in [0.15, 0.2) is 0 Å². The van der Waals surface area contributed by atoms with E-state index in [1.165, 1.54) is 180 Å². The molecule has 1 aliphatic heterocycles. The van der Waals surface area contributed by atoms with Crippen LogP contribution in [0.25, 0.3) is 0 Å². The third-order valence-corrected chi connectivity index (χ3v) is 10.5. The van der Waals surface area contributed by atoms with Gasteiger partial charge in [-0.3, -0.25) is 4.79 Å². The van der Waals surface area contributed by atoms with E-state index in [4.69, 9.17) is 4.74 Å². The fourth-order valence-electron chi connectivity index (χ4n) is 7.23. The lowest BCUT2D eigenvalue weighted by molar-refractivity contribution is -0.145. The molecular formula is C41H79NO2. The van der Waals surface area contributed by atoms with E-state index in [-0.39, 0.29) is 5.97 Å². The van der Waals surface area contributed by atoms with E-state index in [9.17, 15) is 4.79 Å². The maximum absolute atomic E-state index is 12.4. The molecule has 1 saturated heterocycles. The highest BCUT2D eigenvalue weighted by Crippen LogP contribution is 2.32. The van der Waals surface area contributed by atoms with Crippen molar-refractivity contribution in [3.63, 3.8) is 0 Å². The first-order valence-electron chi connectivity index (χ1n) is 20.0. The third-order valence-electron chi connectivity index (χ3n) is 10.5. The highest BCUT2D eigenvalue weighted by atomic mass is 16.5. The molecule has 1 aliphatic rings. The zero-order valence-corrected chi connectivity index (χ0v) is 30.6. The number of esters is 1. The summed E-state index contributed by atoms with van der Waals surface area (Å²) >= 11 is 0. The number of unbranched alkanes of at least 4 members (excludes halogenated alkanes) is 16. The van der Waals surface area contributed by atoms with Crippen LogP contribution in [-0.4, -0.2) is 37.6 Å². The van der Waals surface area contributed by atoms with Crippen molar-refractivity contribution in [2.45, 2.75) is 201 Å². The molecule has 0 aliphatic carbocycles. The first-order chi connectivity index (χ1) is 21.5. The Labute approximate surface area is 277 Å². The Hall–Kier alpha value is -0.830. The van der Waals surface area contributed by atoms with E-state index in [1.54, 1.807) is 5.57 Å². The average Bonchev–Trinajstić information content (AvgIpc) is 3.02. The normalized spacial score (nSPS) is 15.8. The summed E-state index contributed by atoms with van der Waals surface area (Å²) in [5.74, 6) is 2.20. The van der Waals surface area contributed by atoms with Crippen LogP contribution in [0.4, 0.5) is 0 Å². The molecule has 1 heterocycles. The Morgan fingerprint density at radius 2 is 1.07 bits per heavy atom. The first kappa shape index (κ1) is 41.2. The number of ether oxygens (including phenoxy) is 1. The minimum Gasteiger partial charge on any atom is -0.465 e. The smallest absolute Gasteiger partial charge is 0.305 e. The Bertz CT molecular complexity index is 653. The summed E-state index contributed by atoms with van der Waals surface area (Å²) in [7, 11) is 2.26. The maximum atomic E-state index is 12.4. The quantitative estimate of drug-likeness (QED) is 0.0440. The minimum atomic E-state index is 0.0358. The van der Waals surface area contributed by atoms with Crippen LogP contribution < -0.4 is 0 Å². The number of nitrogens with zero attached hydrogens (tertiary/aromatic N) is 1. The molecule has 0 aromatic heterocycles. The van der Waals surface area contributed by atoms with Crippen molar-refractivity contribution in [1.82, 2.24) is 4.90 Å². The zero-order chi connectivity index (χ0) is 32.1. The van der Waals surface area contributed by atoms with Crippen molar-refractivity contribution >= 4 is 5.97 Å². The van der Waals surface area contributed by atoms with Gasteiger partial charge < -0.3 is 9.64 Å². The number of hydrogen-bond acceptors (Lipinski definition) is 3. The van der Waals surface area contributed by atoms with E-state index < -0.39 is 0 Å². The van der Waals surface area contributed by atoms with Gasteiger partial charge in [0, 0.05) is 6.42 Å². The standard InChI is InChI=1S/C41H79NO2/c1-6-9-12-14-15-16-19-23-27-38(35-37(4)40-31-33-42(5)34-32-40)28-24-20-17-18-21-25-30-41(43)44-36-39(26-11-8-3)29-22-13-10-7-2/h38-40H,4,6-36H2,1-3,5H3. The predicted molar refractivity (Wildman–Crippen MR) is 194 cm³/mol. The molecule has 0 spiro atoms. The zero-order valence-electron chi connectivity index (χ0n) is 30.6. The van der Waals surface area contributed by atoms with Gasteiger partial charge in [0.05, 0.1) is 6.61 Å². The van der Waals surface area contributed by atoms with E-state index in [0.717, 1.165) is 18.3 Å². The molecule has 0 aromatic carbocycles.